The van der Waals surface area contributed by atoms with Gasteiger partial charge in [-0.3, -0.25) is 10.1 Å². The first-order valence-corrected chi connectivity index (χ1v) is 6.52. The Balaban J connectivity index is 2.52. The largest absolute Gasteiger partial charge is 0.465 e. The molecule has 1 aromatic heterocycles. The minimum atomic E-state index is -1.67. The summed E-state index contributed by atoms with van der Waals surface area (Å²) < 4.78 is 4.60. The maximum atomic E-state index is 12.3. The van der Waals surface area contributed by atoms with E-state index in [0.717, 1.165) is 4.90 Å². The van der Waals surface area contributed by atoms with Gasteiger partial charge in [0.1, 0.15) is 11.4 Å². The molecule has 10 heteroatoms. The monoisotopic (exact) mass is 311 g/mol. The number of hydrogen-bond acceptors (Lipinski definition) is 6. The summed E-state index contributed by atoms with van der Waals surface area (Å²) in [7, 11) is 0. The van der Waals surface area contributed by atoms with Gasteiger partial charge in [0.2, 0.25) is 0 Å². The molecule has 0 radical (unpaired) electrons. The predicted octanol–water partition coefficient (Wildman–Crippen LogP) is 0.191. The number of aryl methyl sites for hydroxylation is 1. The van der Waals surface area contributed by atoms with E-state index < -0.39 is 29.1 Å². The van der Waals surface area contributed by atoms with Crippen molar-refractivity contribution in [1.29, 1.82) is 0 Å². The number of carbonyl (C=O) groups is 3. The molecule has 1 aromatic rings. The lowest BCUT2D eigenvalue weighted by Crippen LogP contribution is -2.58. The van der Waals surface area contributed by atoms with Crippen LogP contribution >= 0.6 is 0 Å². The van der Waals surface area contributed by atoms with Crippen LogP contribution in [-0.2, 0) is 10.3 Å². The number of hydrogen-bond donors (Lipinski definition) is 3. The molecule has 22 heavy (non-hydrogen) atoms. The second-order valence-electron chi connectivity index (χ2n) is 6.05. The van der Waals surface area contributed by atoms with Crippen molar-refractivity contribution in [3.05, 3.63) is 11.4 Å². The molecule has 1 atom stereocenters. The van der Waals surface area contributed by atoms with E-state index in [2.05, 4.69) is 25.6 Å². The maximum Gasteiger partial charge on any atom is 0.407 e. The summed E-state index contributed by atoms with van der Waals surface area (Å²) in [4.78, 5) is 36.5. The lowest BCUT2D eigenvalue weighted by Gasteiger charge is -2.38. The third-order valence-electron chi connectivity index (χ3n) is 3.43. The van der Waals surface area contributed by atoms with E-state index in [1.54, 1.807) is 27.7 Å². The van der Waals surface area contributed by atoms with Gasteiger partial charge in [-0.2, -0.15) is 0 Å². The van der Waals surface area contributed by atoms with Crippen molar-refractivity contribution in [3.8, 4) is 0 Å². The van der Waals surface area contributed by atoms with Gasteiger partial charge in [-0.05, 0) is 27.7 Å². The fourth-order valence-corrected chi connectivity index (χ4v) is 2.29. The van der Waals surface area contributed by atoms with E-state index in [9.17, 15) is 19.5 Å². The average molecular weight is 311 g/mol. The Morgan fingerprint density at radius 2 is 2.00 bits per heavy atom. The zero-order chi connectivity index (χ0) is 16.7. The number of urea groups is 1. The van der Waals surface area contributed by atoms with Gasteiger partial charge in [-0.15, -0.1) is 0 Å². The summed E-state index contributed by atoms with van der Waals surface area (Å²) in [5.41, 5.74) is -2.10. The smallest absolute Gasteiger partial charge is 0.407 e. The van der Waals surface area contributed by atoms with Gasteiger partial charge < -0.3 is 15.3 Å². The number of amides is 4. The minimum Gasteiger partial charge on any atom is -0.465 e. The number of aromatic nitrogens is 2. The molecule has 0 bridgehead atoms. The predicted molar refractivity (Wildman–Crippen MR) is 71.9 cm³/mol. The Kier molecular flexibility index (Phi) is 3.55. The van der Waals surface area contributed by atoms with Gasteiger partial charge in [0.25, 0.3) is 5.91 Å². The van der Waals surface area contributed by atoms with Crippen molar-refractivity contribution in [2.45, 2.75) is 38.8 Å². The normalized spacial score (nSPS) is 21.5. The minimum absolute atomic E-state index is 0.0753. The Morgan fingerprint density at radius 3 is 2.36 bits per heavy atom. The fraction of sp³-hybridized carbons (Fsp3) is 0.583. The summed E-state index contributed by atoms with van der Waals surface area (Å²) in [6.45, 7) is 6.26. The Bertz CT molecular complexity index is 634. The molecule has 10 nitrogen and oxygen atoms in total. The number of imide groups is 1. The van der Waals surface area contributed by atoms with Crippen molar-refractivity contribution in [3.63, 3.8) is 0 Å². The fourth-order valence-electron chi connectivity index (χ4n) is 2.29. The van der Waals surface area contributed by atoms with Gasteiger partial charge in [0.15, 0.2) is 5.54 Å². The Morgan fingerprint density at radius 1 is 1.36 bits per heavy atom. The van der Waals surface area contributed by atoms with E-state index >= 15 is 0 Å². The average Bonchev–Trinajstić information content (AvgIpc) is 2.89. The standard InChI is InChI=1S/C12H17N5O5/c1-6-7(16-22-15-6)12(8(18)13-9(19)14-12)5-17(10(20)21)11(2,3)4/h5H2,1-4H3,(H,20,21)(H2,13,14,18,19)/t12-/m1/s1. The molecule has 3 N–H and O–H groups in total. The van der Waals surface area contributed by atoms with E-state index in [1.807, 2.05) is 0 Å². The highest BCUT2D eigenvalue weighted by Crippen LogP contribution is 2.29. The van der Waals surface area contributed by atoms with Crippen molar-refractivity contribution >= 4 is 18.0 Å². The molecule has 0 aliphatic carbocycles. The first-order valence-electron chi connectivity index (χ1n) is 6.52. The van der Waals surface area contributed by atoms with Crippen LogP contribution in [0.25, 0.3) is 0 Å². The zero-order valence-corrected chi connectivity index (χ0v) is 12.6. The summed E-state index contributed by atoms with van der Waals surface area (Å²) in [6, 6.07) is -0.730. The number of nitrogens with one attached hydrogen (secondary N) is 2. The molecular formula is C12H17N5O5. The topological polar surface area (TPSA) is 138 Å². The summed E-state index contributed by atoms with van der Waals surface area (Å²) in [5, 5.41) is 21.2. The Labute approximate surface area is 125 Å². The van der Waals surface area contributed by atoms with Gasteiger partial charge in [0, 0.05) is 5.54 Å². The molecule has 0 aromatic carbocycles. The van der Waals surface area contributed by atoms with E-state index in [4.69, 9.17) is 0 Å². The highest BCUT2D eigenvalue weighted by Gasteiger charge is 2.54. The molecule has 0 unspecified atom stereocenters. The van der Waals surface area contributed by atoms with Crippen LogP contribution in [0, 0.1) is 6.92 Å². The molecular weight excluding hydrogens is 294 g/mol. The highest BCUT2D eigenvalue weighted by molar-refractivity contribution is 6.07. The van der Waals surface area contributed by atoms with Gasteiger partial charge in [-0.25, -0.2) is 14.2 Å². The number of nitrogens with zero attached hydrogens (tertiary/aromatic N) is 3. The molecule has 1 saturated heterocycles. The second kappa shape index (κ2) is 4.97. The second-order valence-corrected chi connectivity index (χ2v) is 6.05. The molecule has 0 spiro atoms. The third-order valence-corrected chi connectivity index (χ3v) is 3.43. The highest BCUT2D eigenvalue weighted by atomic mass is 16.6. The van der Waals surface area contributed by atoms with E-state index in [0.29, 0.717) is 0 Å². The molecule has 4 amide bonds. The van der Waals surface area contributed by atoms with Crippen molar-refractivity contribution in [2.24, 2.45) is 0 Å². The number of rotatable bonds is 3. The Hall–Kier alpha value is -2.65. The SMILES string of the molecule is Cc1nonc1[C@@]1(CN(C(=O)O)C(C)(C)C)NC(=O)NC1=O. The first kappa shape index (κ1) is 15.7. The van der Waals surface area contributed by atoms with Crippen LogP contribution in [0.1, 0.15) is 32.2 Å². The van der Waals surface area contributed by atoms with Crippen LogP contribution < -0.4 is 10.6 Å². The molecule has 2 heterocycles. The molecule has 0 saturated carbocycles. The van der Waals surface area contributed by atoms with Gasteiger partial charge >= 0.3 is 12.1 Å². The van der Waals surface area contributed by atoms with Crippen LogP contribution in [0.2, 0.25) is 0 Å². The van der Waals surface area contributed by atoms with Crippen LogP contribution in [-0.4, -0.2) is 50.4 Å². The van der Waals surface area contributed by atoms with Crippen molar-refractivity contribution in [1.82, 2.24) is 25.8 Å². The quantitative estimate of drug-likeness (QED) is 0.677. The van der Waals surface area contributed by atoms with Crippen LogP contribution in [0.4, 0.5) is 9.59 Å². The van der Waals surface area contributed by atoms with Crippen LogP contribution in [0.3, 0.4) is 0 Å². The molecule has 2 rings (SSSR count). The molecule has 1 fully saturated rings. The number of carboxylic acid groups (broad SMARTS) is 1. The molecule has 120 valence electrons. The van der Waals surface area contributed by atoms with Crippen LogP contribution in [0.15, 0.2) is 4.63 Å². The molecule has 1 aliphatic heterocycles. The first-order chi connectivity index (χ1) is 10.1. The summed E-state index contributed by atoms with van der Waals surface area (Å²) in [6.07, 6.45) is -1.23. The zero-order valence-electron chi connectivity index (χ0n) is 12.6. The summed E-state index contributed by atoms with van der Waals surface area (Å²) in [5.74, 6) is -0.702. The van der Waals surface area contributed by atoms with Crippen molar-refractivity contribution in [2.75, 3.05) is 6.54 Å². The third kappa shape index (κ3) is 2.47. The van der Waals surface area contributed by atoms with Crippen molar-refractivity contribution < 1.29 is 24.1 Å². The van der Waals surface area contributed by atoms with E-state index in [1.165, 1.54) is 0 Å². The van der Waals surface area contributed by atoms with Crippen LogP contribution in [0.5, 0.6) is 0 Å². The van der Waals surface area contributed by atoms with Gasteiger partial charge in [0.05, 0.1) is 6.54 Å². The summed E-state index contributed by atoms with van der Waals surface area (Å²) >= 11 is 0. The lowest BCUT2D eigenvalue weighted by atomic mass is 9.91. The van der Waals surface area contributed by atoms with Gasteiger partial charge in [-0.1, -0.05) is 10.3 Å². The van der Waals surface area contributed by atoms with E-state index in [-0.39, 0.29) is 17.9 Å². The molecule has 1 aliphatic rings. The number of carbonyl (C=O) groups excluding carboxylic acids is 2. The lowest BCUT2D eigenvalue weighted by molar-refractivity contribution is -0.125. The maximum absolute atomic E-state index is 12.3.